The van der Waals surface area contributed by atoms with Crippen molar-refractivity contribution in [1.29, 1.82) is 5.26 Å². The fraction of sp³-hybridized carbons (Fsp3) is 0.273. The Morgan fingerprint density at radius 2 is 2.19 bits per heavy atom. The maximum atomic E-state index is 14.2. The van der Waals surface area contributed by atoms with Crippen molar-refractivity contribution in [3.63, 3.8) is 0 Å². The Morgan fingerprint density at radius 3 is 2.89 bits per heavy atom. The van der Waals surface area contributed by atoms with Gasteiger partial charge in [0.05, 0.1) is 10.4 Å². The van der Waals surface area contributed by atoms with Gasteiger partial charge in [-0.1, -0.05) is 24.3 Å². The predicted molar refractivity (Wildman–Crippen MR) is 107 cm³/mol. The molecule has 5 heteroatoms. The van der Waals surface area contributed by atoms with Crippen LogP contribution in [0.1, 0.15) is 24.0 Å². The Hall–Kier alpha value is -2.55. The van der Waals surface area contributed by atoms with E-state index in [4.69, 9.17) is 5.26 Å². The lowest BCUT2D eigenvalue weighted by Gasteiger charge is -2.24. The molecule has 4 rings (SSSR count). The van der Waals surface area contributed by atoms with Crippen molar-refractivity contribution in [3.05, 3.63) is 65.6 Å². The number of hydrogen-bond acceptors (Lipinski definition) is 4. The van der Waals surface area contributed by atoms with Gasteiger partial charge < -0.3 is 5.32 Å². The van der Waals surface area contributed by atoms with Crippen molar-refractivity contribution >= 4 is 11.5 Å². The van der Waals surface area contributed by atoms with Gasteiger partial charge in [-0.15, -0.1) is 0 Å². The van der Waals surface area contributed by atoms with E-state index in [-0.39, 0.29) is 5.56 Å². The molecule has 2 heterocycles. The zero-order chi connectivity index (χ0) is 18.6. The van der Waals surface area contributed by atoms with Crippen LogP contribution < -0.4 is 5.32 Å². The van der Waals surface area contributed by atoms with E-state index in [1.54, 1.807) is 6.07 Å². The molecule has 1 N–H and O–H groups in total. The minimum atomic E-state index is -0.480. The minimum Gasteiger partial charge on any atom is -0.316 e. The highest BCUT2D eigenvalue weighted by Crippen LogP contribution is 2.38. The molecule has 0 saturated carbocycles. The SMILES string of the molecule is N#Cc1ccc(-c2cccc(CC3CCCNC3)c2-c2ccns2)cc1F. The molecule has 0 radical (unpaired) electrons. The van der Waals surface area contributed by atoms with E-state index in [2.05, 4.69) is 15.8 Å². The summed E-state index contributed by atoms with van der Waals surface area (Å²) in [4.78, 5) is 1.09. The largest absolute Gasteiger partial charge is 0.316 e. The van der Waals surface area contributed by atoms with Crippen LogP contribution in [0.5, 0.6) is 0 Å². The van der Waals surface area contributed by atoms with Crippen LogP contribution in [-0.2, 0) is 6.42 Å². The van der Waals surface area contributed by atoms with E-state index in [1.807, 2.05) is 36.5 Å². The first-order chi connectivity index (χ1) is 13.3. The van der Waals surface area contributed by atoms with Crippen LogP contribution >= 0.6 is 11.5 Å². The molecule has 0 aliphatic carbocycles. The van der Waals surface area contributed by atoms with Gasteiger partial charge in [0, 0.05) is 11.8 Å². The van der Waals surface area contributed by atoms with E-state index >= 15 is 0 Å². The number of nitriles is 1. The van der Waals surface area contributed by atoms with Gasteiger partial charge in [0.25, 0.3) is 0 Å². The summed E-state index contributed by atoms with van der Waals surface area (Å²) < 4.78 is 18.5. The van der Waals surface area contributed by atoms with Crippen LogP contribution in [0.15, 0.2) is 48.7 Å². The van der Waals surface area contributed by atoms with Gasteiger partial charge in [-0.2, -0.15) is 5.26 Å². The molecule has 1 fully saturated rings. The summed E-state index contributed by atoms with van der Waals surface area (Å²) in [6, 6.07) is 15.0. The Labute approximate surface area is 162 Å². The van der Waals surface area contributed by atoms with E-state index < -0.39 is 5.82 Å². The van der Waals surface area contributed by atoms with Crippen LogP contribution in [0.4, 0.5) is 4.39 Å². The number of rotatable bonds is 4. The lowest BCUT2D eigenvalue weighted by atomic mass is 9.86. The predicted octanol–water partition coefficient (Wildman–Crippen LogP) is 5.03. The number of aromatic nitrogens is 1. The first kappa shape index (κ1) is 17.8. The number of nitrogens with zero attached hydrogens (tertiary/aromatic N) is 2. The molecular weight excluding hydrogens is 357 g/mol. The number of benzene rings is 2. The summed E-state index contributed by atoms with van der Waals surface area (Å²) in [5.74, 6) is 0.130. The van der Waals surface area contributed by atoms with Crippen LogP contribution in [0, 0.1) is 23.1 Å². The second kappa shape index (κ2) is 7.99. The minimum absolute atomic E-state index is 0.0718. The molecule has 1 aromatic heterocycles. The zero-order valence-electron chi connectivity index (χ0n) is 14.9. The maximum Gasteiger partial charge on any atom is 0.141 e. The Morgan fingerprint density at radius 1 is 1.26 bits per heavy atom. The fourth-order valence-electron chi connectivity index (χ4n) is 3.83. The molecule has 3 aromatic rings. The highest BCUT2D eigenvalue weighted by molar-refractivity contribution is 7.09. The molecule has 2 aromatic carbocycles. The molecule has 3 nitrogen and oxygen atoms in total. The Bertz CT molecular complexity index is 970. The van der Waals surface area contributed by atoms with Crippen LogP contribution in [-0.4, -0.2) is 17.5 Å². The third-order valence-corrected chi connectivity index (χ3v) is 5.91. The van der Waals surface area contributed by atoms with E-state index in [0.717, 1.165) is 41.1 Å². The van der Waals surface area contributed by atoms with Gasteiger partial charge in [-0.3, -0.25) is 0 Å². The topological polar surface area (TPSA) is 48.7 Å². The number of nitrogens with one attached hydrogen (secondary N) is 1. The van der Waals surface area contributed by atoms with Crippen molar-refractivity contribution < 1.29 is 4.39 Å². The molecule has 0 amide bonds. The molecule has 1 aliphatic heterocycles. The standard InChI is InChI=1S/C22H20FN3S/c23-20-12-16(6-7-18(20)13-24)19-5-1-4-17(11-15-3-2-9-25-14-15)22(19)21-8-10-26-27-21/h1,4-8,10,12,15,25H,2-3,9,11,14H2. The first-order valence-electron chi connectivity index (χ1n) is 9.20. The normalized spacial score (nSPS) is 16.8. The quantitative estimate of drug-likeness (QED) is 0.694. The summed E-state index contributed by atoms with van der Waals surface area (Å²) in [6.45, 7) is 2.14. The van der Waals surface area contributed by atoms with Crippen LogP contribution in [0.25, 0.3) is 21.6 Å². The summed E-state index contributed by atoms with van der Waals surface area (Å²) in [7, 11) is 0. The molecular formula is C22H20FN3S. The van der Waals surface area contributed by atoms with E-state index in [1.165, 1.54) is 36.0 Å². The van der Waals surface area contributed by atoms with Gasteiger partial charge in [-0.05, 0) is 84.7 Å². The summed E-state index contributed by atoms with van der Waals surface area (Å²) in [5, 5.41) is 12.5. The molecule has 1 unspecified atom stereocenters. The van der Waals surface area contributed by atoms with E-state index in [0.29, 0.717) is 5.92 Å². The maximum absolute atomic E-state index is 14.2. The van der Waals surface area contributed by atoms with Gasteiger partial charge in [-0.25, -0.2) is 8.76 Å². The fourth-order valence-corrected chi connectivity index (χ4v) is 4.52. The molecule has 1 aliphatic rings. The summed E-state index contributed by atoms with van der Waals surface area (Å²) in [5.41, 5.74) is 4.26. The van der Waals surface area contributed by atoms with E-state index in [9.17, 15) is 4.39 Å². The lowest BCUT2D eigenvalue weighted by molar-refractivity contribution is 0.376. The van der Waals surface area contributed by atoms with Crippen molar-refractivity contribution in [1.82, 2.24) is 9.69 Å². The van der Waals surface area contributed by atoms with Gasteiger partial charge in [0.1, 0.15) is 11.9 Å². The molecule has 0 spiro atoms. The third kappa shape index (κ3) is 3.78. The van der Waals surface area contributed by atoms with Crippen LogP contribution in [0.3, 0.4) is 0 Å². The zero-order valence-corrected chi connectivity index (χ0v) is 15.7. The van der Waals surface area contributed by atoms with Crippen LogP contribution in [0.2, 0.25) is 0 Å². The van der Waals surface area contributed by atoms with Crippen molar-refractivity contribution in [2.45, 2.75) is 19.3 Å². The first-order valence-corrected chi connectivity index (χ1v) is 9.97. The third-order valence-electron chi connectivity index (χ3n) is 5.14. The molecule has 1 atom stereocenters. The van der Waals surface area contributed by atoms with Crippen molar-refractivity contribution in [2.75, 3.05) is 13.1 Å². The molecule has 0 bridgehead atoms. The molecule has 136 valence electrons. The van der Waals surface area contributed by atoms with Gasteiger partial charge in [0.15, 0.2) is 0 Å². The number of halogens is 1. The second-order valence-electron chi connectivity index (χ2n) is 6.94. The highest BCUT2D eigenvalue weighted by atomic mass is 32.1. The average molecular weight is 377 g/mol. The Balaban J connectivity index is 1.80. The van der Waals surface area contributed by atoms with Gasteiger partial charge in [0.2, 0.25) is 0 Å². The second-order valence-corrected chi connectivity index (χ2v) is 7.77. The van der Waals surface area contributed by atoms with Crippen molar-refractivity contribution in [2.24, 2.45) is 5.92 Å². The number of piperidine rings is 1. The Kier molecular flexibility index (Phi) is 5.28. The smallest absolute Gasteiger partial charge is 0.141 e. The monoisotopic (exact) mass is 377 g/mol. The summed E-state index contributed by atoms with van der Waals surface area (Å²) in [6.07, 6.45) is 5.24. The molecule has 1 saturated heterocycles. The summed E-state index contributed by atoms with van der Waals surface area (Å²) >= 11 is 1.46. The van der Waals surface area contributed by atoms with Gasteiger partial charge >= 0.3 is 0 Å². The van der Waals surface area contributed by atoms with Crippen molar-refractivity contribution in [3.8, 4) is 27.6 Å². The highest BCUT2D eigenvalue weighted by Gasteiger charge is 2.19. The number of hydrogen-bond donors (Lipinski definition) is 1. The lowest BCUT2D eigenvalue weighted by Crippen LogP contribution is -2.30. The average Bonchev–Trinajstić information content (AvgIpc) is 3.23. The molecule has 27 heavy (non-hydrogen) atoms.